The molecule has 0 heterocycles. The van der Waals surface area contributed by atoms with Crippen LogP contribution in [0.15, 0.2) is 24.3 Å². The molecular weight excluding hydrogens is 226 g/mol. The first kappa shape index (κ1) is 13.4. The molecule has 2 unspecified atom stereocenters. The molecule has 0 spiro atoms. The molecule has 2 N–H and O–H groups in total. The Labute approximate surface area is 109 Å². The Morgan fingerprint density at radius 2 is 2.06 bits per heavy atom. The van der Waals surface area contributed by atoms with Gasteiger partial charge in [-0.15, -0.1) is 0 Å². The van der Waals surface area contributed by atoms with Crippen LogP contribution in [0.1, 0.15) is 37.2 Å². The van der Waals surface area contributed by atoms with E-state index in [-0.39, 0.29) is 0 Å². The Hall–Kier alpha value is -1.06. The van der Waals surface area contributed by atoms with Gasteiger partial charge in [0.25, 0.3) is 0 Å². The van der Waals surface area contributed by atoms with E-state index in [0.717, 1.165) is 18.6 Å². The number of benzene rings is 1. The SMILES string of the molecule is COCCOc1ccccc1C1CCCC(N)C1. The van der Waals surface area contributed by atoms with Crippen LogP contribution < -0.4 is 10.5 Å². The van der Waals surface area contributed by atoms with Crippen LogP contribution in [0, 0.1) is 0 Å². The molecule has 100 valence electrons. The first-order chi connectivity index (χ1) is 8.81. The minimum Gasteiger partial charge on any atom is -0.491 e. The number of hydrogen-bond donors (Lipinski definition) is 1. The Bertz CT molecular complexity index is 367. The molecule has 0 aliphatic heterocycles. The molecule has 1 aliphatic carbocycles. The molecule has 3 heteroatoms. The van der Waals surface area contributed by atoms with Crippen LogP contribution in [0.5, 0.6) is 5.75 Å². The maximum absolute atomic E-state index is 6.07. The van der Waals surface area contributed by atoms with E-state index in [1.165, 1.54) is 18.4 Å². The van der Waals surface area contributed by atoms with Crippen molar-refractivity contribution in [3.8, 4) is 5.75 Å². The highest BCUT2D eigenvalue weighted by atomic mass is 16.5. The highest BCUT2D eigenvalue weighted by Crippen LogP contribution is 2.36. The molecule has 1 saturated carbocycles. The molecule has 0 saturated heterocycles. The molecule has 3 nitrogen and oxygen atoms in total. The predicted molar refractivity (Wildman–Crippen MR) is 73.0 cm³/mol. The van der Waals surface area contributed by atoms with Crippen LogP contribution in [0.25, 0.3) is 0 Å². The summed E-state index contributed by atoms with van der Waals surface area (Å²) in [6.07, 6.45) is 4.67. The topological polar surface area (TPSA) is 44.5 Å². The van der Waals surface area contributed by atoms with E-state index in [4.69, 9.17) is 15.2 Å². The zero-order valence-electron chi connectivity index (χ0n) is 11.1. The van der Waals surface area contributed by atoms with Crippen molar-refractivity contribution in [3.63, 3.8) is 0 Å². The lowest BCUT2D eigenvalue weighted by atomic mass is 9.81. The van der Waals surface area contributed by atoms with E-state index in [0.29, 0.717) is 25.2 Å². The van der Waals surface area contributed by atoms with E-state index in [1.807, 2.05) is 12.1 Å². The molecule has 1 fully saturated rings. The number of ether oxygens (including phenoxy) is 2. The lowest BCUT2D eigenvalue weighted by Crippen LogP contribution is -2.27. The fourth-order valence-electron chi connectivity index (χ4n) is 2.69. The molecule has 18 heavy (non-hydrogen) atoms. The summed E-state index contributed by atoms with van der Waals surface area (Å²) in [5, 5.41) is 0. The fraction of sp³-hybridized carbons (Fsp3) is 0.600. The number of hydrogen-bond acceptors (Lipinski definition) is 3. The highest BCUT2D eigenvalue weighted by molar-refractivity contribution is 5.36. The molecule has 0 amide bonds. The largest absolute Gasteiger partial charge is 0.491 e. The normalized spacial score (nSPS) is 23.9. The average molecular weight is 249 g/mol. The summed E-state index contributed by atoms with van der Waals surface area (Å²) in [5.74, 6) is 1.54. The van der Waals surface area contributed by atoms with Gasteiger partial charge in [-0.25, -0.2) is 0 Å². The standard InChI is InChI=1S/C15H23NO2/c1-17-9-10-18-15-8-3-2-7-14(15)12-5-4-6-13(16)11-12/h2-3,7-8,12-13H,4-6,9-11,16H2,1H3. The Morgan fingerprint density at radius 3 is 2.83 bits per heavy atom. The summed E-state index contributed by atoms with van der Waals surface area (Å²) >= 11 is 0. The molecule has 1 aliphatic rings. The van der Waals surface area contributed by atoms with Crippen molar-refractivity contribution in [3.05, 3.63) is 29.8 Å². The first-order valence-electron chi connectivity index (χ1n) is 6.77. The van der Waals surface area contributed by atoms with Gasteiger partial charge in [0.2, 0.25) is 0 Å². The summed E-state index contributed by atoms with van der Waals surface area (Å²) in [6.45, 7) is 1.23. The van der Waals surface area contributed by atoms with E-state index < -0.39 is 0 Å². The monoisotopic (exact) mass is 249 g/mol. The number of methoxy groups -OCH3 is 1. The molecule has 1 aromatic rings. The van der Waals surface area contributed by atoms with Gasteiger partial charge in [0.1, 0.15) is 12.4 Å². The van der Waals surface area contributed by atoms with Gasteiger partial charge in [0.15, 0.2) is 0 Å². The van der Waals surface area contributed by atoms with Gasteiger partial charge >= 0.3 is 0 Å². The van der Waals surface area contributed by atoms with Crippen LogP contribution in [-0.2, 0) is 4.74 Å². The van der Waals surface area contributed by atoms with Crippen molar-refractivity contribution >= 4 is 0 Å². The van der Waals surface area contributed by atoms with Crippen LogP contribution in [0.4, 0.5) is 0 Å². The predicted octanol–water partition coefficient (Wildman–Crippen LogP) is 2.70. The molecule has 2 atom stereocenters. The lowest BCUT2D eigenvalue weighted by Gasteiger charge is -2.28. The second kappa shape index (κ2) is 6.76. The minimum atomic E-state index is 0.343. The van der Waals surface area contributed by atoms with E-state index in [2.05, 4.69) is 12.1 Å². The molecule has 0 bridgehead atoms. The number of nitrogens with two attached hydrogens (primary N) is 1. The maximum atomic E-state index is 6.07. The van der Waals surface area contributed by atoms with Crippen LogP contribution in [0.3, 0.4) is 0 Å². The van der Waals surface area contributed by atoms with Crippen molar-refractivity contribution in [2.24, 2.45) is 5.73 Å². The summed E-state index contributed by atoms with van der Waals surface area (Å²) in [7, 11) is 1.69. The maximum Gasteiger partial charge on any atom is 0.122 e. The van der Waals surface area contributed by atoms with Gasteiger partial charge in [0, 0.05) is 13.2 Å². The van der Waals surface area contributed by atoms with Crippen molar-refractivity contribution in [1.82, 2.24) is 0 Å². The fourth-order valence-corrected chi connectivity index (χ4v) is 2.69. The van der Waals surface area contributed by atoms with Gasteiger partial charge in [-0.1, -0.05) is 24.6 Å². The van der Waals surface area contributed by atoms with Gasteiger partial charge in [-0.3, -0.25) is 0 Å². The number of rotatable bonds is 5. The van der Waals surface area contributed by atoms with Gasteiger partial charge < -0.3 is 15.2 Å². The van der Waals surface area contributed by atoms with Gasteiger partial charge in [-0.05, 0) is 36.8 Å². The molecule has 0 aromatic heterocycles. The zero-order chi connectivity index (χ0) is 12.8. The second-order valence-corrected chi connectivity index (χ2v) is 5.00. The van der Waals surface area contributed by atoms with E-state index in [9.17, 15) is 0 Å². The van der Waals surface area contributed by atoms with Gasteiger partial charge in [-0.2, -0.15) is 0 Å². The van der Waals surface area contributed by atoms with E-state index in [1.54, 1.807) is 7.11 Å². The first-order valence-corrected chi connectivity index (χ1v) is 6.77. The van der Waals surface area contributed by atoms with Gasteiger partial charge in [0.05, 0.1) is 6.61 Å². The van der Waals surface area contributed by atoms with Crippen LogP contribution in [0.2, 0.25) is 0 Å². The van der Waals surface area contributed by atoms with Crippen molar-refractivity contribution in [2.75, 3.05) is 20.3 Å². The smallest absolute Gasteiger partial charge is 0.122 e. The molecular formula is C15H23NO2. The van der Waals surface area contributed by atoms with Crippen molar-refractivity contribution in [1.29, 1.82) is 0 Å². The third-order valence-electron chi connectivity index (χ3n) is 3.62. The summed E-state index contributed by atoms with van der Waals surface area (Å²) in [5.41, 5.74) is 7.38. The lowest BCUT2D eigenvalue weighted by molar-refractivity contribution is 0.145. The third-order valence-corrected chi connectivity index (χ3v) is 3.62. The van der Waals surface area contributed by atoms with E-state index >= 15 is 0 Å². The minimum absolute atomic E-state index is 0.343. The second-order valence-electron chi connectivity index (χ2n) is 5.00. The Balaban J connectivity index is 2.06. The number of para-hydroxylation sites is 1. The molecule has 2 rings (SSSR count). The third kappa shape index (κ3) is 3.47. The quantitative estimate of drug-likeness (QED) is 0.816. The Morgan fingerprint density at radius 1 is 1.22 bits per heavy atom. The highest BCUT2D eigenvalue weighted by Gasteiger charge is 2.23. The molecule has 1 aromatic carbocycles. The average Bonchev–Trinajstić information content (AvgIpc) is 2.40. The summed E-state index contributed by atoms with van der Waals surface area (Å²) in [4.78, 5) is 0. The van der Waals surface area contributed by atoms with Crippen molar-refractivity contribution < 1.29 is 9.47 Å². The van der Waals surface area contributed by atoms with Crippen molar-refractivity contribution in [2.45, 2.75) is 37.6 Å². The zero-order valence-corrected chi connectivity index (χ0v) is 11.1. The van der Waals surface area contributed by atoms with Crippen LogP contribution >= 0.6 is 0 Å². The molecule has 0 radical (unpaired) electrons. The van der Waals surface area contributed by atoms with Crippen LogP contribution in [-0.4, -0.2) is 26.4 Å². The Kier molecular flexibility index (Phi) is 5.02. The summed E-state index contributed by atoms with van der Waals surface area (Å²) < 4.78 is 10.8. The summed E-state index contributed by atoms with van der Waals surface area (Å²) in [6, 6.07) is 8.67.